The molecule has 1 saturated heterocycles. The zero-order valence-electron chi connectivity index (χ0n) is 16.9. The second-order valence-electron chi connectivity index (χ2n) is 6.12. The maximum atomic E-state index is 12.2. The lowest BCUT2D eigenvalue weighted by Gasteiger charge is -2.33. The summed E-state index contributed by atoms with van der Waals surface area (Å²) in [6.07, 6.45) is 2.42. The van der Waals surface area contributed by atoms with Crippen LogP contribution in [0.3, 0.4) is 0 Å². The molecule has 1 aliphatic heterocycles. The molecule has 2 rings (SSSR count). The number of piperazine rings is 1. The van der Waals surface area contributed by atoms with E-state index < -0.39 is 5.97 Å². The molecule has 1 aliphatic rings. The maximum Gasteiger partial charge on any atom is 0.409 e. The highest BCUT2D eigenvalue weighted by Crippen LogP contribution is 2.27. The maximum absolute atomic E-state index is 12.2. The number of carbonyl (C=O) groups is 3. The van der Waals surface area contributed by atoms with Crippen molar-refractivity contribution >= 4 is 24.0 Å². The van der Waals surface area contributed by atoms with Crippen molar-refractivity contribution < 1.29 is 33.3 Å². The largest absolute Gasteiger partial charge is 0.493 e. The van der Waals surface area contributed by atoms with Crippen molar-refractivity contribution in [2.45, 2.75) is 6.92 Å². The number of benzene rings is 1. The molecule has 1 fully saturated rings. The van der Waals surface area contributed by atoms with Crippen molar-refractivity contribution in [2.75, 3.05) is 53.6 Å². The van der Waals surface area contributed by atoms with Gasteiger partial charge in [0.2, 0.25) is 0 Å². The third kappa shape index (κ3) is 6.41. The minimum absolute atomic E-state index is 0.304. The molecule has 0 radical (unpaired) electrons. The van der Waals surface area contributed by atoms with Crippen LogP contribution in [0.2, 0.25) is 0 Å². The molecule has 9 nitrogen and oxygen atoms in total. The van der Waals surface area contributed by atoms with Crippen LogP contribution in [0.1, 0.15) is 12.5 Å². The lowest BCUT2D eigenvalue weighted by atomic mass is 10.2. The Hall–Kier alpha value is -3.23. The Morgan fingerprint density at radius 3 is 2.24 bits per heavy atom. The van der Waals surface area contributed by atoms with Crippen LogP contribution in [0.4, 0.5) is 4.79 Å². The molecule has 9 heteroatoms. The molecule has 158 valence electrons. The monoisotopic (exact) mass is 406 g/mol. The molecule has 0 saturated carbocycles. The first-order valence-corrected chi connectivity index (χ1v) is 9.24. The first-order chi connectivity index (χ1) is 14.0. The Morgan fingerprint density at radius 1 is 0.966 bits per heavy atom. The summed E-state index contributed by atoms with van der Waals surface area (Å²) in [7, 11) is 3.07. The smallest absolute Gasteiger partial charge is 0.409 e. The third-order valence-corrected chi connectivity index (χ3v) is 4.32. The molecule has 1 aromatic rings. The predicted octanol–water partition coefficient (Wildman–Crippen LogP) is 1.56. The highest BCUT2D eigenvalue weighted by molar-refractivity contribution is 5.89. The molecular weight excluding hydrogens is 380 g/mol. The van der Waals surface area contributed by atoms with Crippen molar-refractivity contribution in [3.05, 3.63) is 29.8 Å². The quantitative estimate of drug-likeness (QED) is 0.501. The van der Waals surface area contributed by atoms with E-state index in [0.717, 1.165) is 5.56 Å². The Bertz CT molecular complexity index is 755. The molecule has 0 N–H and O–H groups in total. The van der Waals surface area contributed by atoms with Crippen LogP contribution in [0.25, 0.3) is 6.08 Å². The summed E-state index contributed by atoms with van der Waals surface area (Å²) in [5.74, 6) is 0.195. The van der Waals surface area contributed by atoms with Gasteiger partial charge in [0.1, 0.15) is 0 Å². The minimum atomic E-state index is -0.627. The van der Waals surface area contributed by atoms with Crippen molar-refractivity contribution in [1.82, 2.24) is 9.80 Å². The summed E-state index contributed by atoms with van der Waals surface area (Å²) in [5.41, 5.74) is 0.723. The van der Waals surface area contributed by atoms with Gasteiger partial charge in [-0.1, -0.05) is 6.07 Å². The topological polar surface area (TPSA) is 94.6 Å². The van der Waals surface area contributed by atoms with Crippen LogP contribution in [-0.4, -0.2) is 81.4 Å². The SMILES string of the molecule is CCOC(=O)N1CCN(C(=O)COC(=O)/C=C/c2ccc(OC)c(OC)c2)CC1. The average Bonchev–Trinajstić information content (AvgIpc) is 2.75. The van der Waals surface area contributed by atoms with E-state index in [9.17, 15) is 14.4 Å². The Balaban J connectivity index is 1.78. The van der Waals surface area contributed by atoms with Gasteiger partial charge in [0.15, 0.2) is 18.1 Å². The number of rotatable bonds is 7. The van der Waals surface area contributed by atoms with E-state index in [1.165, 1.54) is 13.2 Å². The summed E-state index contributed by atoms with van der Waals surface area (Å²) in [6.45, 7) is 3.22. The zero-order valence-corrected chi connectivity index (χ0v) is 16.9. The number of hydrogen-bond acceptors (Lipinski definition) is 7. The Morgan fingerprint density at radius 2 is 1.62 bits per heavy atom. The van der Waals surface area contributed by atoms with Crippen LogP contribution in [0.15, 0.2) is 24.3 Å². The minimum Gasteiger partial charge on any atom is -0.493 e. The van der Waals surface area contributed by atoms with Gasteiger partial charge in [-0.3, -0.25) is 4.79 Å². The highest BCUT2D eigenvalue weighted by atomic mass is 16.6. The summed E-state index contributed by atoms with van der Waals surface area (Å²) < 4.78 is 20.3. The second-order valence-corrected chi connectivity index (χ2v) is 6.12. The predicted molar refractivity (Wildman–Crippen MR) is 105 cm³/mol. The Kier molecular flexibility index (Phi) is 8.32. The molecule has 2 amide bonds. The van der Waals surface area contributed by atoms with Gasteiger partial charge in [0.25, 0.3) is 5.91 Å². The first-order valence-electron chi connectivity index (χ1n) is 9.24. The number of hydrogen-bond donors (Lipinski definition) is 0. The lowest BCUT2D eigenvalue weighted by molar-refractivity contribution is -0.148. The van der Waals surface area contributed by atoms with Crippen molar-refractivity contribution in [3.63, 3.8) is 0 Å². The van der Waals surface area contributed by atoms with Gasteiger partial charge in [-0.05, 0) is 30.7 Å². The van der Waals surface area contributed by atoms with Crippen molar-refractivity contribution in [1.29, 1.82) is 0 Å². The molecule has 1 heterocycles. The van der Waals surface area contributed by atoms with Crippen LogP contribution in [0.5, 0.6) is 11.5 Å². The average molecular weight is 406 g/mol. The fourth-order valence-electron chi connectivity index (χ4n) is 2.75. The van der Waals surface area contributed by atoms with Crippen LogP contribution in [-0.2, 0) is 19.1 Å². The first kappa shape index (κ1) is 22.1. The normalized spacial score (nSPS) is 13.9. The number of methoxy groups -OCH3 is 2. The molecule has 0 aromatic heterocycles. The van der Waals surface area contributed by atoms with E-state index in [1.54, 1.807) is 48.1 Å². The van der Waals surface area contributed by atoms with E-state index in [0.29, 0.717) is 44.3 Å². The lowest BCUT2D eigenvalue weighted by Crippen LogP contribution is -2.51. The molecule has 0 aliphatic carbocycles. The molecule has 0 atom stereocenters. The van der Waals surface area contributed by atoms with Crippen molar-refractivity contribution in [2.24, 2.45) is 0 Å². The summed E-state index contributed by atoms with van der Waals surface area (Å²) in [5, 5.41) is 0. The Labute approximate surface area is 169 Å². The fraction of sp³-hybridized carbons (Fsp3) is 0.450. The number of carbonyl (C=O) groups excluding carboxylic acids is 3. The standard InChI is InChI=1S/C20H26N2O7/c1-4-28-20(25)22-11-9-21(10-12-22)18(23)14-29-19(24)8-6-15-5-7-16(26-2)17(13-15)27-3/h5-8,13H,4,9-12,14H2,1-3H3/b8-6+. The summed E-state index contributed by atoms with van der Waals surface area (Å²) >= 11 is 0. The number of ether oxygens (including phenoxy) is 4. The molecule has 1 aromatic carbocycles. The number of esters is 1. The molecule has 0 unspecified atom stereocenters. The van der Waals surface area contributed by atoms with Gasteiger partial charge >= 0.3 is 12.1 Å². The molecule has 0 bridgehead atoms. The van der Waals surface area contributed by atoms with Crippen molar-refractivity contribution in [3.8, 4) is 11.5 Å². The fourth-order valence-corrected chi connectivity index (χ4v) is 2.75. The number of amides is 2. The van der Waals surface area contributed by atoms with Crippen LogP contribution in [0, 0.1) is 0 Å². The van der Waals surface area contributed by atoms with Gasteiger partial charge in [0.05, 0.1) is 20.8 Å². The van der Waals surface area contributed by atoms with Gasteiger partial charge < -0.3 is 28.7 Å². The van der Waals surface area contributed by atoms with E-state index in [1.807, 2.05) is 0 Å². The highest BCUT2D eigenvalue weighted by Gasteiger charge is 2.25. The summed E-state index contributed by atoms with van der Waals surface area (Å²) in [6, 6.07) is 5.21. The van der Waals surface area contributed by atoms with Gasteiger partial charge in [-0.2, -0.15) is 0 Å². The summed E-state index contributed by atoms with van der Waals surface area (Å²) in [4.78, 5) is 38.8. The van der Waals surface area contributed by atoms with Crippen LogP contribution < -0.4 is 9.47 Å². The zero-order chi connectivity index (χ0) is 21.2. The van der Waals surface area contributed by atoms with E-state index in [4.69, 9.17) is 18.9 Å². The third-order valence-electron chi connectivity index (χ3n) is 4.32. The van der Waals surface area contributed by atoms with Gasteiger partial charge in [-0.15, -0.1) is 0 Å². The van der Waals surface area contributed by atoms with Crippen LogP contribution >= 0.6 is 0 Å². The van der Waals surface area contributed by atoms with Gasteiger partial charge in [-0.25, -0.2) is 9.59 Å². The molecular formula is C20H26N2O7. The van der Waals surface area contributed by atoms with E-state index >= 15 is 0 Å². The molecule has 29 heavy (non-hydrogen) atoms. The van der Waals surface area contributed by atoms with E-state index in [-0.39, 0.29) is 18.6 Å². The molecule has 0 spiro atoms. The van der Waals surface area contributed by atoms with E-state index in [2.05, 4.69) is 0 Å². The number of nitrogens with zero attached hydrogens (tertiary/aromatic N) is 2. The second kappa shape index (κ2) is 10.9. The van der Waals surface area contributed by atoms with Gasteiger partial charge in [0, 0.05) is 32.3 Å².